The summed E-state index contributed by atoms with van der Waals surface area (Å²) in [6.07, 6.45) is 0.233. The zero-order valence-corrected chi connectivity index (χ0v) is 21.8. The van der Waals surface area contributed by atoms with Crippen LogP contribution in [0.15, 0.2) is 53.3 Å². The van der Waals surface area contributed by atoms with Crippen molar-refractivity contribution in [2.24, 2.45) is 17.6 Å². The summed E-state index contributed by atoms with van der Waals surface area (Å²) < 4.78 is 5.63. The summed E-state index contributed by atoms with van der Waals surface area (Å²) in [6.45, 7) is 2.35. The van der Waals surface area contributed by atoms with Crippen LogP contribution in [0.3, 0.4) is 0 Å². The van der Waals surface area contributed by atoms with E-state index in [1.54, 1.807) is 20.2 Å². The minimum absolute atomic E-state index is 0.0276. The predicted octanol–water partition coefficient (Wildman–Crippen LogP) is 2.03. The Morgan fingerprint density at radius 3 is 2.51 bits per heavy atom. The fraction of sp³-hybridized carbons (Fsp3) is 0.345. The molecule has 0 unspecified atom stereocenters. The number of ether oxygens (including phenoxy) is 1. The van der Waals surface area contributed by atoms with Crippen LogP contribution in [0.5, 0.6) is 11.5 Å². The highest BCUT2D eigenvalue weighted by atomic mass is 16.5. The highest BCUT2D eigenvalue weighted by Gasteiger charge is 2.64. The Kier molecular flexibility index (Phi) is 6.27. The van der Waals surface area contributed by atoms with E-state index in [-0.39, 0.29) is 29.7 Å². The first-order valence-electron chi connectivity index (χ1n) is 12.7. The van der Waals surface area contributed by atoms with Crippen molar-refractivity contribution >= 4 is 23.2 Å². The largest absolute Gasteiger partial charge is 0.508 e. The summed E-state index contributed by atoms with van der Waals surface area (Å²) in [6, 6.07) is 9.35. The molecule has 0 aliphatic heterocycles. The van der Waals surface area contributed by atoms with Gasteiger partial charge in [0.05, 0.1) is 18.2 Å². The molecule has 1 amide bonds. The molecule has 3 aliphatic rings. The number of fused-ring (bicyclic) bond motifs is 3. The number of aliphatic hydroxyl groups excluding tert-OH is 2. The van der Waals surface area contributed by atoms with Crippen molar-refractivity contribution in [1.82, 2.24) is 4.90 Å². The second kappa shape index (κ2) is 9.25. The molecular formula is C29H30N2O8. The van der Waals surface area contributed by atoms with E-state index < -0.39 is 58.0 Å². The van der Waals surface area contributed by atoms with Gasteiger partial charge in [-0.3, -0.25) is 19.3 Å². The van der Waals surface area contributed by atoms with Gasteiger partial charge in [0, 0.05) is 11.5 Å². The molecule has 10 heteroatoms. The Labute approximate surface area is 224 Å². The fourth-order valence-electron chi connectivity index (χ4n) is 6.43. The van der Waals surface area contributed by atoms with Crippen LogP contribution in [0.1, 0.15) is 24.5 Å². The first-order chi connectivity index (χ1) is 18.4. The molecule has 0 radical (unpaired) electrons. The lowest BCUT2D eigenvalue weighted by Crippen LogP contribution is -2.65. The van der Waals surface area contributed by atoms with Gasteiger partial charge in [-0.15, -0.1) is 0 Å². The minimum atomic E-state index is -2.66. The maximum Gasteiger partial charge on any atom is 0.255 e. The van der Waals surface area contributed by atoms with E-state index in [2.05, 4.69) is 0 Å². The van der Waals surface area contributed by atoms with Crippen molar-refractivity contribution in [1.29, 1.82) is 0 Å². The second-order valence-corrected chi connectivity index (χ2v) is 10.4. The van der Waals surface area contributed by atoms with E-state index >= 15 is 0 Å². The van der Waals surface area contributed by atoms with Crippen LogP contribution in [-0.2, 0) is 20.8 Å². The number of benzene rings is 2. The van der Waals surface area contributed by atoms with Crippen LogP contribution in [0, 0.1) is 11.8 Å². The summed E-state index contributed by atoms with van der Waals surface area (Å²) >= 11 is 0. The molecule has 0 spiro atoms. The van der Waals surface area contributed by atoms with Crippen molar-refractivity contribution in [3.8, 4) is 22.6 Å². The van der Waals surface area contributed by atoms with Crippen LogP contribution in [0.4, 0.5) is 0 Å². The van der Waals surface area contributed by atoms with E-state index in [1.807, 2.05) is 31.2 Å². The van der Waals surface area contributed by atoms with E-state index in [0.29, 0.717) is 23.5 Å². The van der Waals surface area contributed by atoms with Crippen molar-refractivity contribution in [2.45, 2.75) is 31.4 Å². The minimum Gasteiger partial charge on any atom is -0.508 e. The molecule has 0 aromatic heterocycles. The molecule has 3 aliphatic carbocycles. The third-order valence-corrected chi connectivity index (χ3v) is 8.06. The van der Waals surface area contributed by atoms with E-state index in [9.17, 15) is 34.8 Å². The SMILES string of the molecule is CCOc1cccc(-c2ccc(O)c3c2C[C@H]2C[C@H]4[C@H](N(C)C)C(=O)C(C(N)=O)=C(O)[C@@]4(O)C(=O)C2=C3O)c1. The van der Waals surface area contributed by atoms with Crippen molar-refractivity contribution in [3.63, 3.8) is 0 Å². The quantitative estimate of drug-likeness (QED) is 0.360. The molecule has 0 bridgehead atoms. The summed E-state index contributed by atoms with van der Waals surface area (Å²) in [5.41, 5.74) is 3.80. The van der Waals surface area contributed by atoms with Gasteiger partial charge >= 0.3 is 0 Å². The van der Waals surface area contributed by atoms with Gasteiger partial charge in [-0.25, -0.2) is 0 Å². The van der Waals surface area contributed by atoms with Gasteiger partial charge in [0.25, 0.3) is 5.91 Å². The zero-order chi connectivity index (χ0) is 28.4. The van der Waals surface area contributed by atoms with E-state index in [1.165, 1.54) is 11.0 Å². The number of rotatable bonds is 5. The number of primary amides is 1. The van der Waals surface area contributed by atoms with Crippen LogP contribution in [-0.4, -0.2) is 75.1 Å². The molecule has 2 aromatic rings. The lowest BCUT2D eigenvalue weighted by molar-refractivity contribution is -0.153. The molecule has 6 N–H and O–H groups in total. The van der Waals surface area contributed by atoms with Gasteiger partial charge in [0.1, 0.15) is 28.6 Å². The number of phenolic OH excluding ortho intramolecular Hbond substituents is 1. The molecule has 0 saturated heterocycles. The fourth-order valence-corrected chi connectivity index (χ4v) is 6.43. The Morgan fingerprint density at radius 1 is 1.15 bits per heavy atom. The molecule has 204 valence electrons. The molecule has 39 heavy (non-hydrogen) atoms. The Hall–Kier alpha value is -4.15. The van der Waals surface area contributed by atoms with Gasteiger partial charge in [0.2, 0.25) is 5.78 Å². The number of phenols is 1. The van der Waals surface area contributed by atoms with Gasteiger partial charge in [-0.1, -0.05) is 18.2 Å². The average molecular weight is 535 g/mol. The lowest BCUT2D eigenvalue weighted by Gasteiger charge is -2.50. The number of Topliss-reactive ketones (excluding diaryl/α,β-unsaturated/α-hetero) is 2. The number of hydrogen-bond acceptors (Lipinski definition) is 9. The summed E-state index contributed by atoms with van der Waals surface area (Å²) in [5.74, 6) is -6.11. The normalized spacial score (nSPS) is 26.3. The maximum absolute atomic E-state index is 13.9. The van der Waals surface area contributed by atoms with Crippen LogP contribution in [0.25, 0.3) is 16.9 Å². The third-order valence-electron chi connectivity index (χ3n) is 8.06. The van der Waals surface area contributed by atoms with Crippen molar-refractivity contribution in [2.75, 3.05) is 20.7 Å². The monoisotopic (exact) mass is 534 g/mol. The number of ketones is 2. The first kappa shape index (κ1) is 26.5. The molecular weight excluding hydrogens is 504 g/mol. The van der Waals surface area contributed by atoms with Gasteiger partial charge in [-0.2, -0.15) is 0 Å². The smallest absolute Gasteiger partial charge is 0.255 e. The number of likely N-dealkylation sites (N-methyl/N-ethyl adjacent to an activating group) is 1. The summed E-state index contributed by atoms with van der Waals surface area (Å²) in [5, 5.41) is 44.8. The highest BCUT2D eigenvalue weighted by molar-refractivity contribution is 6.24. The number of carbonyl (C=O) groups is 3. The lowest BCUT2D eigenvalue weighted by atomic mass is 9.57. The van der Waals surface area contributed by atoms with Crippen LogP contribution in [0.2, 0.25) is 0 Å². The van der Waals surface area contributed by atoms with E-state index in [4.69, 9.17) is 10.5 Å². The standard InChI is InChI=1S/C29H30N2O8/c1-4-39-15-7-5-6-13(10-15)16-8-9-19(32)21-17(16)11-14-12-18-23(31(2)3)25(34)22(28(30)37)27(36)29(18,38)26(35)20(14)24(21)33/h5-10,14,18,23,32-33,36,38H,4,11-12H2,1-3H3,(H2,30,37)/t14-,18-,23-,29-/m0/s1. The molecule has 1 saturated carbocycles. The number of carbonyl (C=O) groups excluding carboxylic acids is 3. The number of aliphatic hydroxyl groups is 3. The predicted molar refractivity (Wildman–Crippen MR) is 141 cm³/mol. The molecule has 1 fully saturated rings. The Bertz CT molecular complexity index is 1490. The summed E-state index contributed by atoms with van der Waals surface area (Å²) in [7, 11) is 3.13. The number of nitrogens with two attached hydrogens (primary N) is 1. The molecule has 10 nitrogen and oxygen atoms in total. The van der Waals surface area contributed by atoms with Crippen LogP contribution >= 0.6 is 0 Å². The molecule has 5 rings (SSSR count). The Morgan fingerprint density at radius 2 is 1.87 bits per heavy atom. The highest BCUT2D eigenvalue weighted by Crippen LogP contribution is 2.53. The number of aromatic hydroxyl groups is 1. The van der Waals surface area contributed by atoms with Crippen molar-refractivity contribution < 1.29 is 39.5 Å². The first-order valence-corrected chi connectivity index (χ1v) is 12.7. The van der Waals surface area contributed by atoms with Crippen molar-refractivity contribution in [3.05, 3.63) is 64.4 Å². The third kappa shape index (κ3) is 3.74. The molecule has 2 aromatic carbocycles. The number of amides is 1. The van der Waals surface area contributed by atoms with E-state index in [0.717, 1.165) is 5.56 Å². The van der Waals surface area contributed by atoms with Gasteiger partial charge in [-0.05, 0) is 74.7 Å². The average Bonchev–Trinajstić information content (AvgIpc) is 2.86. The number of nitrogens with zero attached hydrogens (tertiary/aromatic N) is 1. The van der Waals surface area contributed by atoms with Gasteiger partial charge < -0.3 is 30.9 Å². The Balaban J connectivity index is 1.72. The molecule has 4 atom stereocenters. The summed E-state index contributed by atoms with van der Waals surface area (Å²) in [4.78, 5) is 40.7. The zero-order valence-electron chi connectivity index (χ0n) is 21.8. The maximum atomic E-state index is 13.9. The number of hydrogen-bond donors (Lipinski definition) is 5. The molecule has 0 heterocycles. The topological polar surface area (TPSA) is 171 Å². The van der Waals surface area contributed by atoms with Gasteiger partial charge in [0.15, 0.2) is 11.4 Å². The van der Waals surface area contributed by atoms with Crippen LogP contribution < -0.4 is 10.5 Å². The second-order valence-electron chi connectivity index (χ2n) is 10.4.